The molecule has 0 aromatic heterocycles. The highest BCUT2D eigenvalue weighted by Crippen LogP contribution is 2.58. The summed E-state index contributed by atoms with van der Waals surface area (Å²) in [4.78, 5) is 0. The molecule has 0 radical (unpaired) electrons. The molecule has 0 saturated heterocycles. The van der Waals surface area contributed by atoms with E-state index in [9.17, 15) is 0 Å². The molecule has 1 aliphatic carbocycles. The second kappa shape index (κ2) is 16.0. The van der Waals surface area contributed by atoms with Crippen molar-refractivity contribution in [1.82, 2.24) is 0 Å². The molecular weight excluding hydrogens is 636 g/mol. The molecule has 0 N–H and O–H groups in total. The average Bonchev–Trinajstić information content (AvgIpc) is 3.47. The Morgan fingerprint density at radius 2 is 0.784 bits per heavy atom. The van der Waals surface area contributed by atoms with Crippen molar-refractivity contribution in [3.8, 4) is 22.6 Å². The zero-order valence-electron chi connectivity index (χ0n) is 28.7. The summed E-state index contributed by atoms with van der Waals surface area (Å²) in [6, 6.07) is 43.5. The third kappa shape index (κ3) is 6.56. The predicted octanol–water partition coefficient (Wildman–Crippen LogP) is 9.47. The van der Waals surface area contributed by atoms with Crippen molar-refractivity contribution in [1.29, 1.82) is 0 Å². The molecule has 0 amide bonds. The maximum absolute atomic E-state index is 6.36. The molecule has 6 nitrogen and oxygen atoms in total. The van der Waals surface area contributed by atoms with E-state index in [-0.39, 0.29) is 0 Å². The lowest BCUT2D eigenvalue weighted by molar-refractivity contribution is 0.0657. The molecule has 7 rings (SSSR count). The van der Waals surface area contributed by atoms with Gasteiger partial charge in [-0.2, -0.15) is 0 Å². The number of fused-ring (bicyclic) bond motifs is 5. The van der Waals surface area contributed by atoms with Crippen molar-refractivity contribution in [2.45, 2.75) is 5.41 Å². The minimum Gasteiger partial charge on any atom is -0.499 e. The largest absolute Gasteiger partial charge is 0.499 e. The molecule has 51 heavy (non-hydrogen) atoms. The van der Waals surface area contributed by atoms with Crippen LogP contribution in [0.3, 0.4) is 0 Å². The van der Waals surface area contributed by atoms with Crippen LogP contribution >= 0.6 is 0 Å². The zero-order valence-corrected chi connectivity index (χ0v) is 28.7. The van der Waals surface area contributed by atoms with Crippen LogP contribution in [0.15, 0.2) is 147 Å². The summed E-state index contributed by atoms with van der Waals surface area (Å²) in [6.07, 6.45) is 2.85. The maximum Gasteiger partial charge on any atom is 0.127 e. The molecule has 0 unspecified atom stereocenters. The number of rotatable bonds is 18. The summed E-state index contributed by atoms with van der Waals surface area (Å²) >= 11 is 0. The van der Waals surface area contributed by atoms with E-state index in [1.807, 2.05) is 12.1 Å². The normalized spacial score (nSPS) is 12.6. The van der Waals surface area contributed by atoms with Crippen LogP contribution in [0.4, 0.5) is 0 Å². The Hall–Kier alpha value is -5.56. The number of ether oxygens (including phenoxy) is 6. The third-order valence-electron chi connectivity index (χ3n) is 9.42. The number of hydrogen-bond acceptors (Lipinski definition) is 6. The van der Waals surface area contributed by atoms with E-state index >= 15 is 0 Å². The third-order valence-corrected chi connectivity index (χ3v) is 9.42. The lowest BCUT2D eigenvalue weighted by atomic mass is 9.65. The maximum atomic E-state index is 6.36. The van der Waals surface area contributed by atoms with E-state index in [4.69, 9.17) is 28.4 Å². The standard InChI is InChI=1S/C45H42O6/c1-3-46-25-27-48-29-31-50-43-23-11-15-35-37(43)17-9-21-41(35)45(39-19-7-5-13-33(39)34-14-6-8-20-40(34)45)42-22-10-18-38-36(42)16-12-24-44(38)51-32-30-49-28-26-47-4-2/h3-24H,1-2,25-32H2. The van der Waals surface area contributed by atoms with Crippen LogP contribution in [0, 0.1) is 0 Å². The van der Waals surface area contributed by atoms with Gasteiger partial charge in [0.05, 0.1) is 44.4 Å². The molecule has 6 aromatic rings. The van der Waals surface area contributed by atoms with Gasteiger partial charge in [0.1, 0.15) is 37.9 Å². The van der Waals surface area contributed by atoms with Gasteiger partial charge in [0.15, 0.2) is 0 Å². The summed E-state index contributed by atoms with van der Waals surface area (Å²) in [5.74, 6) is 1.64. The summed E-state index contributed by atoms with van der Waals surface area (Å²) in [7, 11) is 0. The molecule has 0 spiro atoms. The minimum atomic E-state index is -0.633. The highest BCUT2D eigenvalue weighted by atomic mass is 16.5. The Morgan fingerprint density at radius 3 is 1.25 bits per heavy atom. The number of benzene rings is 6. The second-order valence-corrected chi connectivity index (χ2v) is 12.2. The lowest BCUT2D eigenvalue weighted by Crippen LogP contribution is -2.29. The molecule has 6 aromatic carbocycles. The fourth-order valence-corrected chi connectivity index (χ4v) is 7.43. The first kappa shape index (κ1) is 33.9. The molecule has 0 atom stereocenters. The zero-order chi connectivity index (χ0) is 34.9. The van der Waals surface area contributed by atoms with Crippen LogP contribution in [0.5, 0.6) is 11.5 Å². The van der Waals surface area contributed by atoms with Gasteiger partial charge in [-0.15, -0.1) is 0 Å². The van der Waals surface area contributed by atoms with Gasteiger partial charge in [-0.25, -0.2) is 0 Å². The van der Waals surface area contributed by atoms with Crippen LogP contribution in [-0.4, -0.2) is 52.9 Å². The molecule has 0 saturated carbocycles. The van der Waals surface area contributed by atoms with Gasteiger partial charge in [-0.05, 0) is 56.3 Å². The van der Waals surface area contributed by atoms with Gasteiger partial charge in [-0.1, -0.05) is 122 Å². The van der Waals surface area contributed by atoms with Crippen molar-refractivity contribution in [2.75, 3.05) is 52.9 Å². The first-order valence-corrected chi connectivity index (χ1v) is 17.4. The first-order valence-electron chi connectivity index (χ1n) is 17.4. The quantitative estimate of drug-likeness (QED) is 0.0666. The lowest BCUT2D eigenvalue weighted by Gasteiger charge is -2.36. The van der Waals surface area contributed by atoms with Crippen LogP contribution in [-0.2, 0) is 24.4 Å². The molecule has 0 heterocycles. The highest BCUT2D eigenvalue weighted by Gasteiger charge is 2.47. The SMILES string of the molecule is C=COCCOCCOc1cccc2c(C3(c4cccc5c(OCCOCCOC=C)cccc45)c4ccccc4-c4ccccc43)cccc12. The van der Waals surface area contributed by atoms with Crippen molar-refractivity contribution in [3.05, 3.63) is 169 Å². The summed E-state index contributed by atoms with van der Waals surface area (Å²) in [5, 5.41) is 4.36. The first-order chi connectivity index (χ1) is 25.3. The van der Waals surface area contributed by atoms with Gasteiger partial charge in [0, 0.05) is 10.8 Å². The van der Waals surface area contributed by atoms with E-state index in [0.29, 0.717) is 52.9 Å². The van der Waals surface area contributed by atoms with Crippen LogP contribution < -0.4 is 9.47 Å². The highest BCUT2D eigenvalue weighted by molar-refractivity contribution is 6.00. The fraction of sp³-hybridized carbons (Fsp3) is 0.200. The monoisotopic (exact) mass is 678 g/mol. The van der Waals surface area contributed by atoms with E-state index < -0.39 is 5.41 Å². The summed E-state index contributed by atoms with van der Waals surface area (Å²) in [6.45, 7) is 10.8. The van der Waals surface area contributed by atoms with Crippen LogP contribution in [0.1, 0.15) is 22.3 Å². The van der Waals surface area contributed by atoms with Crippen LogP contribution in [0.25, 0.3) is 32.7 Å². The molecule has 0 bridgehead atoms. The molecule has 6 heteroatoms. The fourth-order valence-electron chi connectivity index (χ4n) is 7.43. The molecular formula is C45H42O6. The van der Waals surface area contributed by atoms with Gasteiger partial charge in [0.25, 0.3) is 0 Å². The van der Waals surface area contributed by atoms with Crippen LogP contribution in [0.2, 0.25) is 0 Å². The number of hydrogen-bond donors (Lipinski definition) is 0. The average molecular weight is 679 g/mol. The molecule has 258 valence electrons. The van der Waals surface area contributed by atoms with Crippen molar-refractivity contribution in [2.24, 2.45) is 0 Å². The Bertz CT molecular complexity index is 1980. The van der Waals surface area contributed by atoms with Crippen molar-refractivity contribution < 1.29 is 28.4 Å². The Kier molecular flexibility index (Phi) is 10.6. The van der Waals surface area contributed by atoms with E-state index in [1.165, 1.54) is 45.9 Å². The topological polar surface area (TPSA) is 55.4 Å². The van der Waals surface area contributed by atoms with E-state index in [0.717, 1.165) is 33.0 Å². The van der Waals surface area contributed by atoms with Gasteiger partial charge in [0.2, 0.25) is 0 Å². The Morgan fingerprint density at radius 1 is 0.392 bits per heavy atom. The Balaban J connectivity index is 1.35. The minimum absolute atomic E-state index is 0.425. The second-order valence-electron chi connectivity index (χ2n) is 12.2. The van der Waals surface area contributed by atoms with Gasteiger partial charge >= 0.3 is 0 Å². The smallest absolute Gasteiger partial charge is 0.127 e. The van der Waals surface area contributed by atoms with Gasteiger partial charge in [-0.3, -0.25) is 0 Å². The van der Waals surface area contributed by atoms with E-state index in [2.05, 4.69) is 122 Å². The Labute approximate surface area is 299 Å². The van der Waals surface area contributed by atoms with Crippen molar-refractivity contribution in [3.63, 3.8) is 0 Å². The van der Waals surface area contributed by atoms with Crippen molar-refractivity contribution >= 4 is 21.5 Å². The van der Waals surface area contributed by atoms with Gasteiger partial charge < -0.3 is 28.4 Å². The van der Waals surface area contributed by atoms with E-state index in [1.54, 1.807) is 0 Å². The molecule has 0 aliphatic heterocycles. The predicted molar refractivity (Wildman–Crippen MR) is 204 cm³/mol. The summed E-state index contributed by atoms with van der Waals surface area (Å²) < 4.78 is 34.5. The molecule has 0 fully saturated rings. The molecule has 1 aliphatic rings. The summed E-state index contributed by atoms with van der Waals surface area (Å²) in [5.41, 5.74) is 6.70.